The molecule has 0 saturated heterocycles. The van der Waals surface area contributed by atoms with Crippen LogP contribution in [0.2, 0.25) is 0 Å². The van der Waals surface area contributed by atoms with Crippen molar-refractivity contribution >= 4 is 23.9 Å². The number of alkyl carbamates (subject to hydrolysis) is 1. The smallest absolute Gasteiger partial charge is 0.407 e. The lowest BCUT2D eigenvalue weighted by Crippen LogP contribution is -2.48. The van der Waals surface area contributed by atoms with Crippen LogP contribution >= 0.6 is 0 Å². The summed E-state index contributed by atoms with van der Waals surface area (Å²) in [7, 11) is 0. The van der Waals surface area contributed by atoms with Crippen LogP contribution in [0.25, 0.3) is 11.1 Å². The summed E-state index contributed by atoms with van der Waals surface area (Å²) < 4.78 is 9.93. The highest BCUT2D eigenvalue weighted by molar-refractivity contribution is 5.89. The highest BCUT2D eigenvalue weighted by Gasteiger charge is 2.30. The Morgan fingerprint density at radius 1 is 0.968 bits per heavy atom. The molecule has 9 heteroatoms. The molecule has 9 nitrogen and oxygen atoms in total. The van der Waals surface area contributed by atoms with Crippen LogP contribution in [0.5, 0.6) is 0 Å². The summed E-state index contributed by atoms with van der Waals surface area (Å²) in [5.41, 5.74) is 4.19. The number of esters is 1. The minimum Gasteiger partial charge on any atom is -0.481 e. The molecule has 1 aliphatic rings. The maximum Gasteiger partial charge on any atom is 0.407 e. The number of nitrogens with one attached hydrogen (secondary N) is 2. The average molecular weight is 426 g/mol. The molecule has 0 radical (unpaired) electrons. The van der Waals surface area contributed by atoms with Gasteiger partial charge in [-0.25, -0.2) is 4.79 Å². The van der Waals surface area contributed by atoms with Crippen molar-refractivity contribution in [3.63, 3.8) is 0 Å². The number of carbonyl (C=O) groups is 4. The Morgan fingerprint density at radius 3 is 2.10 bits per heavy atom. The lowest BCUT2D eigenvalue weighted by atomic mass is 9.98. The second kappa shape index (κ2) is 9.75. The van der Waals surface area contributed by atoms with Gasteiger partial charge in [0.15, 0.2) is 6.73 Å². The van der Waals surface area contributed by atoms with Crippen LogP contribution in [0.15, 0.2) is 48.5 Å². The van der Waals surface area contributed by atoms with Crippen LogP contribution in [0.1, 0.15) is 30.4 Å². The predicted octanol–water partition coefficient (Wildman–Crippen LogP) is 2.01. The summed E-state index contributed by atoms with van der Waals surface area (Å²) in [5, 5.41) is 13.5. The molecular formula is C22H22N2O7. The molecule has 3 N–H and O–H groups in total. The molecule has 2 aromatic carbocycles. The third kappa shape index (κ3) is 5.39. The Bertz CT molecular complexity index is 959. The van der Waals surface area contributed by atoms with Crippen LogP contribution in [-0.4, -0.2) is 48.4 Å². The first kappa shape index (κ1) is 21.8. The zero-order chi connectivity index (χ0) is 22.4. The second-order valence-corrected chi connectivity index (χ2v) is 6.94. The number of benzene rings is 2. The quantitative estimate of drug-likeness (QED) is 0.435. The molecule has 0 bridgehead atoms. The van der Waals surface area contributed by atoms with Crippen molar-refractivity contribution in [1.82, 2.24) is 10.6 Å². The Kier molecular flexibility index (Phi) is 6.86. The number of aliphatic carboxylic acids is 1. The van der Waals surface area contributed by atoms with E-state index in [1.54, 1.807) is 0 Å². The minimum absolute atomic E-state index is 0.0225. The van der Waals surface area contributed by atoms with E-state index in [9.17, 15) is 19.2 Å². The van der Waals surface area contributed by atoms with Crippen molar-refractivity contribution in [2.45, 2.75) is 25.3 Å². The van der Waals surface area contributed by atoms with E-state index in [0.717, 1.165) is 29.2 Å². The summed E-state index contributed by atoms with van der Waals surface area (Å²) in [5.74, 6) is -2.88. The van der Waals surface area contributed by atoms with Crippen molar-refractivity contribution in [3.05, 3.63) is 59.7 Å². The van der Waals surface area contributed by atoms with Crippen molar-refractivity contribution in [2.75, 3.05) is 13.3 Å². The molecule has 162 valence electrons. The van der Waals surface area contributed by atoms with Gasteiger partial charge >= 0.3 is 18.0 Å². The fourth-order valence-electron chi connectivity index (χ4n) is 3.50. The van der Waals surface area contributed by atoms with Gasteiger partial charge in [-0.3, -0.25) is 14.4 Å². The number of carboxylic acids is 1. The molecule has 2 aromatic rings. The molecule has 0 spiro atoms. The first-order valence-electron chi connectivity index (χ1n) is 9.61. The van der Waals surface area contributed by atoms with E-state index in [4.69, 9.17) is 9.84 Å². The maximum absolute atomic E-state index is 12.3. The summed E-state index contributed by atoms with van der Waals surface area (Å²) >= 11 is 0. The number of carboxylic acid groups (broad SMARTS) is 1. The van der Waals surface area contributed by atoms with E-state index in [2.05, 4.69) is 15.4 Å². The number of ether oxygens (including phenoxy) is 2. The SMILES string of the molecule is CC(=O)OCNC(=O)C(CC(=O)O)NC(=O)OCC1c2ccccc2-c2ccccc21. The first-order chi connectivity index (χ1) is 14.9. The molecule has 0 heterocycles. The van der Waals surface area contributed by atoms with E-state index in [-0.39, 0.29) is 12.5 Å². The summed E-state index contributed by atoms with van der Waals surface area (Å²) in [6.07, 6.45) is -1.58. The van der Waals surface area contributed by atoms with Crippen LogP contribution < -0.4 is 10.6 Å². The Hall–Kier alpha value is -3.88. The van der Waals surface area contributed by atoms with Gasteiger partial charge in [-0.2, -0.15) is 0 Å². The van der Waals surface area contributed by atoms with Gasteiger partial charge in [0.05, 0.1) is 6.42 Å². The number of carbonyl (C=O) groups excluding carboxylic acids is 3. The van der Waals surface area contributed by atoms with Gasteiger partial charge in [-0.15, -0.1) is 0 Å². The normalized spacial score (nSPS) is 12.8. The molecule has 1 aliphatic carbocycles. The zero-order valence-electron chi connectivity index (χ0n) is 16.8. The Morgan fingerprint density at radius 2 is 1.55 bits per heavy atom. The highest BCUT2D eigenvalue weighted by Crippen LogP contribution is 2.44. The molecule has 0 fully saturated rings. The van der Waals surface area contributed by atoms with Gasteiger partial charge in [0, 0.05) is 12.8 Å². The van der Waals surface area contributed by atoms with E-state index in [0.29, 0.717) is 0 Å². The van der Waals surface area contributed by atoms with Crippen LogP contribution in [0.4, 0.5) is 4.79 Å². The molecule has 0 aromatic heterocycles. The number of hydrogen-bond acceptors (Lipinski definition) is 6. The van der Waals surface area contributed by atoms with Gasteiger partial charge < -0.3 is 25.2 Å². The molecule has 1 atom stereocenters. The number of hydrogen-bond donors (Lipinski definition) is 3. The van der Waals surface area contributed by atoms with Gasteiger partial charge in [0.25, 0.3) is 0 Å². The van der Waals surface area contributed by atoms with Crippen LogP contribution in [-0.2, 0) is 23.9 Å². The first-order valence-corrected chi connectivity index (χ1v) is 9.61. The monoisotopic (exact) mass is 426 g/mol. The van der Waals surface area contributed by atoms with Crippen molar-refractivity contribution in [2.24, 2.45) is 0 Å². The molecule has 31 heavy (non-hydrogen) atoms. The predicted molar refractivity (Wildman–Crippen MR) is 109 cm³/mol. The number of fused-ring (bicyclic) bond motifs is 3. The summed E-state index contributed by atoms with van der Waals surface area (Å²) in [6, 6.07) is 14.3. The molecule has 0 aliphatic heterocycles. The number of rotatable bonds is 8. The van der Waals surface area contributed by atoms with E-state index in [1.165, 1.54) is 0 Å². The van der Waals surface area contributed by atoms with Crippen molar-refractivity contribution in [3.8, 4) is 11.1 Å². The lowest BCUT2D eigenvalue weighted by molar-refractivity contribution is -0.144. The Balaban J connectivity index is 1.63. The molecule has 2 amide bonds. The van der Waals surface area contributed by atoms with Crippen molar-refractivity contribution < 1.29 is 33.8 Å². The fraction of sp³-hybridized carbons (Fsp3) is 0.273. The van der Waals surface area contributed by atoms with E-state index < -0.39 is 43.1 Å². The van der Waals surface area contributed by atoms with E-state index in [1.807, 2.05) is 48.5 Å². The van der Waals surface area contributed by atoms with Crippen LogP contribution in [0.3, 0.4) is 0 Å². The second-order valence-electron chi connectivity index (χ2n) is 6.94. The molecule has 3 rings (SSSR count). The average Bonchev–Trinajstić information content (AvgIpc) is 3.05. The third-order valence-corrected chi connectivity index (χ3v) is 4.85. The molecule has 0 saturated carbocycles. The zero-order valence-corrected chi connectivity index (χ0v) is 16.8. The summed E-state index contributed by atoms with van der Waals surface area (Å²) in [6.45, 7) is 0.751. The highest BCUT2D eigenvalue weighted by atomic mass is 16.6. The number of amides is 2. The Labute approximate surface area is 178 Å². The topological polar surface area (TPSA) is 131 Å². The van der Waals surface area contributed by atoms with E-state index >= 15 is 0 Å². The van der Waals surface area contributed by atoms with Gasteiger partial charge in [0.2, 0.25) is 5.91 Å². The minimum atomic E-state index is -1.39. The van der Waals surface area contributed by atoms with Gasteiger partial charge in [0.1, 0.15) is 12.6 Å². The van der Waals surface area contributed by atoms with Gasteiger partial charge in [-0.05, 0) is 22.3 Å². The standard InChI is InChI=1S/C22H22N2O7/c1-13(25)31-12-23-21(28)19(10-20(26)27)24-22(29)30-11-18-16-8-4-2-6-14(16)15-7-3-5-9-17(15)18/h2-9,18-19H,10-12H2,1H3,(H,23,28)(H,24,29)(H,26,27). The fourth-order valence-corrected chi connectivity index (χ4v) is 3.50. The largest absolute Gasteiger partial charge is 0.481 e. The molecule has 1 unspecified atom stereocenters. The maximum atomic E-state index is 12.3. The van der Waals surface area contributed by atoms with Crippen LogP contribution in [0, 0.1) is 0 Å². The lowest BCUT2D eigenvalue weighted by Gasteiger charge is -2.18. The summed E-state index contributed by atoms with van der Waals surface area (Å²) in [4.78, 5) is 46.3. The van der Waals surface area contributed by atoms with Crippen molar-refractivity contribution in [1.29, 1.82) is 0 Å². The van der Waals surface area contributed by atoms with Gasteiger partial charge in [-0.1, -0.05) is 48.5 Å². The third-order valence-electron chi connectivity index (χ3n) is 4.85. The molecular weight excluding hydrogens is 404 g/mol.